The first kappa shape index (κ1) is 18.8. The predicted octanol–water partition coefficient (Wildman–Crippen LogP) is 4.84. The van der Waals surface area contributed by atoms with Crippen LogP contribution in [0.3, 0.4) is 0 Å². The van der Waals surface area contributed by atoms with Crippen LogP contribution in [0.25, 0.3) is 0 Å². The summed E-state index contributed by atoms with van der Waals surface area (Å²) in [5.41, 5.74) is -0.867. The second kappa shape index (κ2) is 7.13. The zero-order valence-corrected chi connectivity index (χ0v) is 14.0. The van der Waals surface area contributed by atoms with Gasteiger partial charge in [0, 0.05) is 5.69 Å². The summed E-state index contributed by atoms with van der Waals surface area (Å²) in [5, 5.41) is 4.90. The van der Waals surface area contributed by atoms with E-state index in [-0.39, 0.29) is 11.4 Å². The number of benzene rings is 1. The molecule has 0 saturated carbocycles. The van der Waals surface area contributed by atoms with Gasteiger partial charge in [0.25, 0.3) is 5.91 Å². The number of hydrogen-bond donors (Lipinski definition) is 2. The lowest BCUT2D eigenvalue weighted by Crippen LogP contribution is -2.49. The molecule has 1 unspecified atom stereocenters. The molecule has 0 saturated heterocycles. The van der Waals surface area contributed by atoms with Gasteiger partial charge < -0.3 is 15.1 Å². The molecule has 0 aliphatic heterocycles. The molecule has 24 heavy (non-hydrogen) atoms. The highest BCUT2D eigenvalue weighted by Crippen LogP contribution is 2.34. The van der Waals surface area contributed by atoms with Gasteiger partial charge in [0.1, 0.15) is 6.17 Å². The van der Waals surface area contributed by atoms with Crippen molar-refractivity contribution in [2.24, 2.45) is 0 Å². The number of nitrogens with one attached hydrogen (secondary N) is 2. The normalized spacial score (nSPS) is 13.4. The maximum Gasteiger partial charge on any atom is 0.416 e. The van der Waals surface area contributed by atoms with E-state index in [2.05, 4.69) is 10.6 Å². The third-order valence-corrected chi connectivity index (χ3v) is 3.50. The zero-order chi connectivity index (χ0) is 18.0. The summed E-state index contributed by atoms with van der Waals surface area (Å²) in [6.07, 6.45) is -4.55. The Morgan fingerprint density at radius 1 is 1.12 bits per heavy atom. The fourth-order valence-corrected chi connectivity index (χ4v) is 2.09. The lowest BCUT2D eigenvalue weighted by atomic mass is 10.2. The van der Waals surface area contributed by atoms with Gasteiger partial charge in [-0.1, -0.05) is 40.9 Å². The fraction of sp³-hybridized carbons (Fsp3) is 0.214. The van der Waals surface area contributed by atoms with Crippen molar-refractivity contribution in [3.63, 3.8) is 0 Å². The van der Waals surface area contributed by atoms with Crippen molar-refractivity contribution in [2.45, 2.75) is 16.1 Å². The van der Waals surface area contributed by atoms with E-state index in [0.29, 0.717) is 0 Å². The Hall–Kier alpha value is -1.57. The average Bonchev–Trinajstić information content (AvgIpc) is 2.99. The van der Waals surface area contributed by atoms with Gasteiger partial charge >= 0.3 is 6.18 Å². The van der Waals surface area contributed by atoms with Crippen molar-refractivity contribution in [1.82, 2.24) is 5.32 Å². The van der Waals surface area contributed by atoms with Gasteiger partial charge in [-0.15, -0.1) is 0 Å². The number of carbonyl (C=O) groups is 1. The Morgan fingerprint density at radius 2 is 1.83 bits per heavy atom. The Morgan fingerprint density at radius 3 is 2.38 bits per heavy atom. The minimum atomic E-state index is -4.52. The largest absolute Gasteiger partial charge is 0.459 e. The zero-order valence-electron chi connectivity index (χ0n) is 11.7. The lowest BCUT2D eigenvalue weighted by Gasteiger charge is -2.27. The monoisotopic (exact) mass is 400 g/mol. The highest BCUT2D eigenvalue weighted by Gasteiger charge is 2.35. The van der Waals surface area contributed by atoms with Gasteiger partial charge in [0.2, 0.25) is 3.79 Å². The van der Waals surface area contributed by atoms with Crippen molar-refractivity contribution >= 4 is 46.4 Å². The van der Waals surface area contributed by atoms with Gasteiger partial charge in [0.05, 0.1) is 11.8 Å². The Bertz CT molecular complexity index is 700. The molecular weight excluding hydrogens is 392 g/mol. The van der Waals surface area contributed by atoms with Crippen molar-refractivity contribution in [3.8, 4) is 0 Å². The van der Waals surface area contributed by atoms with Crippen LogP contribution in [0.4, 0.5) is 18.9 Å². The minimum absolute atomic E-state index is 0.0147. The van der Waals surface area contributed by atoms with Crippen molar-refractivity contribution in [3.05, 3.63) is 54.0 Å². The molecule has 2 rings (SSSR count). The first-order chi connectivity index (χ1) is 11.1. The Labute approximate surface area is 149 Å². The Balaban J connectivity index is 2.19. The van der Waals surface area contributed by atoms with Gasteiger partial charge in [0.15, 0.2) is 5.76 Å². The van der Waals surface area contributed by atoms with Gasteiger partial charge in [-0.2, -0.15) is 13.2 Å². The number of rotatable bonds is 4. The van der Waals surface area contributed by atoms with E-state index in [0.717, 1.165) is 12.1 Å². The van der Waals surface area contributed by atoms with Gasteiger partial charge in [-0.3, -0.25) is 4.79 Å². The molecule has 1 atom stereocenters. The standard InChI is InChI=1S/C14H10Cl3F3N2O2/c15-13(16,17)12(22-11(23)10-5-2-6-24-10)21-9-4-1-3-8(7-9)14(18,19)20/h1-7,12,21H,(H,22,23). The van der Waals surface area contributed by atoms with Crippen LogP contribution >= 0.6 is 34.8 Å². The van der Waals surface area contributed by atoms with E-state index in [4.69, 9.17) is 39.2 Å². The van der Waals surface area contributed by atoms with Crippen LogP contribution in [0.5, 0.6) is 0 Å². The number of alkyl halides is 6. The number of halogens is 6. The van der Waals surface area contributed by atoms with E-state index >= 15 is 0 Å². The molecule has 1 amide bonds. The average molecular weight is 402 g/mol. The SMILES string of the molecule is O=C(NC(Nc1cccc(C(F)(F)F)c1)C(Cl)(Cl)Cl)c1ccco1. The highest BCUT2D eigenvalue weighted by molar-refractivity contribution is 6.68. The third-order valence-electron chi connectivity index (χ3n) is 2.85. The molecule has 0 fully saturated rings. The first-order valence-corrected chi connectivity index (χ1v) is 7.55. The van der Waals surface area contributed by atoms with Crippen molar-refractivity contribution < 1.29 is 22.4 Å². The van der Waals surface area contributed by atoms with Gasteiger partial charge in [-0.05, 0) is 30.3 Å². The molecule has 1 aromatic heterocycles. The topological polar surface area (TPSA) is 54.3 Å². The summed E-state index contributed by atoms with van der Waals surface area (Å²) in [5.74, 6) is -0.740. The Kier molecular flexibility index (Phi) is 5.57. The van der Waals surface area contributed by atoms with Crippen LogP contribution in [-0.2, 0) is 6.18 Å². The molecule has 2 N–H and O–H groups in total. The van der Waals surface area contributed by atoms with Crippen LogP contribution < -0.4 is 10.6 Å². The first-order valence-electron chi connectivity index (χ1n) is 6.42. The quantitative estimate of drug-likeness (QED) is 0.569. The highest BCUT2D eigenvalue weighted by atomic mass is 35.6. The fourth-order valence-electron chi connectivity index (χ4n) is 1.76. The molecule has 0 spiro atoms. The molecule has 2 aromatic rings. The third kappa shape index (κ3) is 4.96. The molecule has 0 radical (unpaired) electrons. The minimum Gasteiger partial charge on any atom is -0.459 e. The van der Waals surface area contributed by atoms with Gasteiger partial charge in [-0.25, -0.2) is 0 Å². The molecule has 0 aliphatic carbocycles. The lowest BCUT2D eigenvalue weighted by molar-refractivity contribution is -0.137. The number of anilines is 1. The van der Waals surface area contributed by atoms with E-state index in [1.165, 1.54) is 30.5 Å². The van der Waals surface area contributed by atoms with Crippen LogP contribution in [0, 0.1) is 0 Å². The van der Waals surface area contributed by atoms with Crippen LogP contribution in [0.1, 0.15) is 16.1 Å². The molecular formula is C14H10Cl3F3N2O2. The number of hydrogen-bond acceptors (Lipinski definition) is 3. The summed E-state index contributed by atoms with van der Waals surface area (Å²) < 4.78 is 41.1. The number of furan rings is 1. The van der Waals surface area contributed by atoms with Crippen molar-refractivity contribution in [2.75, 3.05) is 5.32 Å². The summed E-state index contributed by atoms with van der Waals surface area (Å²) in [6, 6.07) is 7.14. The smallest absolute Gasteiger partial charge is 0.416 e. The van der Waals surface area contributed by atoms with E-state index in [1.54, 1.807) is 0 Å². The maximum atomic E-state index is 12.7. The molecule has 130 valence electrons. The van der Waals surface area contributed by atoms with Crippen LogP contribution in [0.2, 0.25) is 0 Å². The molecule has 1 aromatic carbocycles. The van der Waals surface area contributed by atoms with E-state index < -0.39 is 27.6 Å². The molecule has 0 aliphatic rings. The summed E-state index contributed by atoms with van der Waals surface area (Å²) in [4.78, 5) is 12.0. The second-order valence-corrected chi connectivity index (χ2v) is 7.02. The maximum absolute atomic E-state index is 12.7. The predicted molar refractivity (Wildman–Crippen MR) is 85.3 cm³/mol. The molecule has 4 nitrogen and oxygen atoms in total. The summed E-state index contributed by atoms with van der Waals surface area (Å²) in [7, 11) is 0. The number of amides is 1. The van der Waals surface area contributed by atoms with Crippen LogP contribution in [-0.4, -0.2) is 15.9 Å². The van der Waals surface area contributed by atoms with Crippen molar-refractivity contribution in [1.29, 1.82) is 0 Å². The van der Waals surface area contributed by atoms with E-state index in [1.807, 2.05) is 0 Å². The number of carbonyl (C=O) groups excluding carboxylic acids is 1. The summed E-state index contributed by atoms with van der Waals surface area (Å²) in [6.45, 7) is 0. The van der Waals surface area contributed by atoms with Crippen LogP contribution in [0.15, 0.2) is 47.1 Å². The summed E-state index contributed by atoms with van der Waals surface area (Å²) >= 11 is 17.4. The molecule has 10 heteroatoms. The molecule has 0 bridgehead atoms. The second-order valence-electron chi connectivity index (χ2n) is 4.65. The van der Waals surface area contributed by atoms with E-state index in [9.17, 15) is 18.0 Å². The molecule has 1 heterocycles.